The van der Waals surface area contributed by atoms with Crippen molar-refractivity contribution in [3.05, 3.63) is 77.4 Å². The summed E-state index contributed by atoms with van der Waals surface area (Å²) < 4.78 is 0. The summed E-state index contributed by atoms with van der Waals surface area (Å²) in [4.78, 5) is 12.6. The first-order valence-corrected chi connectivity index (χ1v) is 10.4. The molecule has 1 fully saturated rings. The fourth-order valence-electron chi connectivity index (χ4n) is 3.91. The van der Waals surface area contributed by atoms with Crippen LogP contribution in [0, 0.1) is 5.92 Å². The quantitative estimate of drug-likeness (QED) is 0.449. The Bertz CT molecular complexity index is 1120. The summed E-state index contributed by atoms with van der Waals surface area (Å²) in [6.07, 6.45) is 0.844. The third kappa shape index (κ3) is 3.95. The first-order valence-electron chi connectivity index (χ1n) is 10.4. The van der Waals surface area contributed by atoms with Crippen LogP contribution >= 0.6 is 0 Å². The number of phenolic OH excluding ortho intramolecular Hbond substituents is 1. The molecule has 1 amide bonds. The second-order valence-electron chi connectivity index (χ2n) is 9.18. The van der Waals surface area contributed by atoms with Gasteiger partial charge < -0.3 is 5.11 Å². The molecular formula is C26H28N2O2. The van der Waals surface area contributed by atoms with Crippen LogP contribution in [-0.2, 0) is 10.2 Å². The highest BCUT2D eigenvalue weighted by molar-refractivity contribution is 6.06. The molecular weight excluding hydrogens is 372 g/mol. The van der Waals surface area contributed by atoms with Crippen LogP contribution in [0.25, 0.3) is 10.8 Å². The van der Waals surface area contributed by atoms with Crippen molar-refractivity contribution in [3.63, 3.8) is 0 Å². The Labute approximate surface area is 177 Å². The predicted octanol–water partition coefficient (Wildman–Crippen LogP) is 5.49. The molecule has 4 heteroatoms. The van der Waals surface area contributed by atoms with Crippen LogP contribution in [0.3, 0.4) is 0 Å². The number of nitrogens with zero attached hydrogens (tertiary/aromatic N) is 1. The van der Waals surface area contributed by atoms with Gasteiger partial charge in [-0.05, 0) is 47.3 Å². The van der Waals surface area contributed by atoms with E-state index < -0.39 is 0 Å². The Morgan fingerprint density at radius 3 is 2.43 bits per heavy atom. The first-order chi connectivity index (χ1) is 14.3. The molecule has 0 heterocycles. The lowest BCUT2D eigenvalue weighted by Gasteiger charge is -2.19. The van der Waals surface area contributed by atoms with Gasteiger partial charge >= 0.3 is 0 Å². The molecule has 3 aromatic rings. The van der Waals surface area contributed by atoms with Crippen LogP contribution < -0.4 is 5.43 Å². The number of fused-ring (bicyclic) bond motifs is 1. The molecule has 0 aromatic heterocycles. The van der Waals surface area contributed by atoms with Crippen molar-refractivity contribution in [1.82, 2.24) is 5.43 Å². The van der Waals surface area contributed by atoms with Gasteiger partial charge in [-0.25, -0.2) is 5.43 Å². The minimum Gasteiger partial charge on any atom is -0.507 e. The van der Waals surface area contributed by atoms with E-state index in [1.807, 2.05) is 36.4 Å². The molecule has 1 aliphatic carbocycles. The van der Waals surface area contributed by atoms with Crippen LogP contribution in [0.15, 0.2) is 65.8 Å². The van der Waals surface area contributed by atoms with Crippen LogP contribution in [-0.4, -0.2) is 16.7 Å². The lowest BCUT2D eigenvalue weighted by molar-refractivity contribution is -0.122. The zero-order valence-electron chi connectivity index (χ0n) is 17.9. The molecule has 0 aliphatic heterocycles. The van der Waals surface area contributed by atoms with Crippen LogP contribution in [0.1, 0.15) is 56.7 Å². The van der Waals surface area contributed by atoms with Crippen LogP contribution in [0.4, 0.5) is 0 Å². The van der Waals surface area contributed by atoms with Gasteiger partial charge in [-0.15, -0.1) is 0 Å². The van der Waals surface area contributed by atoms with Gasteiger partial charge in [0.15, 0.2) is 0 Å². The Hall–Kier alpha value is -3.14. The molecule has 0 bridgehead atoms. The number of phenols is 1. The minimum atomic E-state index is -0.0699. The molecule has 0 radical (unpaired) electrons. The van der Waals surface area contributed by atoms with Crippen LogP contribution in [0.2, 0.25) is 0 Å². The third-order valence-electron chi connectivity index (χ3n) is 5.96. The zero-order valence-corrected chi connectivity index (χ0v) is 17.9. The number of carbonyl (C=O) groups is 1. The number of benzene rings is 3. The van der Waals surface area contributed by atoms with E-state index in [9.17, 15) is 9.90 Å². The Balaban J connectivity index is 1.43. The number of rotatable bonds is 4. The number of nitrogens with one attached hydrogen (secondary N) is 1. The van der Waals surface area contributed by atoms with Crippen molar-refractivity contribution in [2.24, 2.45) is 11.0 Å². The van der Waals surface area contributed by atoms with E-state index in [0.29, 0.717) is 11.3 Å². The highest BCUT2D eigenvalue weighted by atomic mass is 16.3. The molecule has 154 valence electrons. The number of amides is 1. The van der Waals surface area contributed by atoms with Gasteiger partial charge in [0.25, 0.3) is 0 Å². The molecule has 30 heavy (non-hydrogen) atoms. The normalized spacial score (nSPS) is 19.0. The summed E-state index contributed by atoms with van der Waals surface area (Å²) >= 11 is 0. The fraction of sp³-hybridized carbons (Fsp3) is 0.308. The molecule has 4 nitrogen and oxygen atoms in total. The Morgan fingerprint density at radius 1 is 1.03 bits per heavy atom. The second-order valence-corrected chi connectivity index (χ2v) is 9.18. The highest BCUT2D eigenvalue weighted by Crippen LogP contribution is 2.47. The zero-order chi connectivity index (χ0) is 21.5. The maximum Gasteiger partial charge on any atom is 0.243 e. The monoisotopic (exact) mass is 400 g/mol. The van der Waals surface area contributed by atoms with Crippen molar-refractivity contribution < 1.29 is 9.90 Å². The van der Waals surface area contributed by atoms with Gasteiger partial charge in [-0.1, -0.05) is 75.4 Å². The van der Waals surface area contributed by atoms with Crippen molar-refractivity contribution in [3.8, 4) is 5.75 Å². The van der Waals surface area contributed by atoms with Gasteiger partial charge in [0.1, 0.15) is 5.75 Å². The molecule has 4 rings (SSSR count). The molecule has 0 spiro atoms. The van der Waals surface area contributed by atoms with Crippen LogP contribution in [0.5, 0.6) is 5.75 Å². The second kappa shape index (κ2) is 7.60. The summed E-state index contributed by atoms with van der Waals surface area (Å²) in [5.74, 6) is 0.321. The smallest absolute Gasteiger partial charge is 0.243 e. The van der Waals surface area contributed by atoms with Crippen molar-refractivity contribution in [2.75, 3.05) is 0 Å². The summed E-state index contributed by atoms with van der Waals surface area (Å²) in [7, 11) is 0. The maximum atomic E-state index is 12.6. The summed E-state index contributed by atoms with van der Waals surface area (Å²) in [6.45, 7) is 8.38. The van der Waals surface area contributed by atoms with E-state index in [-0.39, 0.29) is 28.9 Å². The van der Waals surface area contributed by atoms with E-state index in [4.69, 9.17) is 0 Å². The molecule has 1 aliphatic rings. The van der Waals surface area contributed by atoms with E-state index in [1.165, 1.54) is 11.1 Å². The average Bonchev–Trinajstić information content (AvgIpc) is 3.53. The molecule has 0 saturated heterocycles. The number of carbonyl (C=O) groups excluding carboxylic acids is 1. The van der Waals surface area contributed by atoms with Gasteiger partial charge in [0.05, 0.1) is 5.71 Å². The number of hydrazone groups is 1. The average molecular weight is 401 g/mol. The predicted molar refractivity (Wildman–Crippen MR) is 122 cm³/mol. The van der Waals surface area contributed by atoms with Gasteiger partial charge in [0, 0.05) is 16.9 Å². The van der Waals surface area contributed by atoms with E-state index >= 15 is 0 Å². The Morgan fingerprint density at radius 2 is 1.73 bits per heavy atom. The molecule has 2 atom stereocenters. The van der Waals surface area contributed by atoms with Crippen molar-refractivity contribution in [1.29, 1.82) is 0 Å². The molecule has 2 N–H and O–H groups in total. The summed E-state index contributed by atoms with van der Waals surface area (Å²) in [6, 6.07) is 20.0. The standard InChI is InChI=1S/C26H28N2O2/c1-16(20-14-11-17-7-5-6-8-21(17)24(20)29)27-28-25(30)23-15-22(23)18-9-12-19(13-10-18)26(2,3)4/h5-14,22-23,29H,15H2,1-4H3,(H,28,30)/b27-16+/t22-,23-/m1/s1. The van der Waals surface area contributed by atoms with Gasteiger partial charge in [0.2, 0.25) is 5.91 Å². The molecule has 0 unspecified atom stereocenters. The van der Waals surface area contributed by atoms with Gasteiger partial charge in [-0.3, -0.25) is 4.79 Å². The van der Waals surface area contributed by atoms with Gasteiger partial charge in [-0.2, -0.15) is 5.10 Å². The Kier molecular flexibility index (Phi) is 5.10. The topological polar surface area (TPSA) is 61.7 Å². The van der Waals surface area contributed by atoms with E-state index in [0.717, 1.165) is 17.2 Å². The summed E-state index contributed by atoms with van der Waals surface area (Å²) in [5, 5.41) is 16.6. The largest absolute Gasteiger partial charge is 0.507 e. The third-order valence-corrected chi connectivity index (χ3v) is 5.96. The molecule has 1 saturated carbocycles. The number of aromatic hydroxyl groups is 1. The van der Waals surface area contributed by atoms with E-state index in [2.05, 4.69) is 55.6 Å². The maximum absolute atomic E-state index is 12.6. The van der Waals surface area contributed by atoms with E-state index in [1.54, 1.807) is 6.92 Å². The molecule has 3 aromatic carbocycles. The summed E-state index contributed by atoms with van der Waals surface area (Å²) in [5.41, 5.74) is 6.52. The lowest BCUT2D eigenvalue weighted by Crippen LogP contribution is -2.21. The van der Waals surface area contributed by atoms with Crippen molar-refractivity contribution >= 4 is 22.4 Å². The van der Waals surface area contributed by atoms with Crippen molar-refractivity contribution in [2.45, 2.75) is 45.4 Å². The fourth-order valence-corrected chi connectivity index (χ4v) is 3.91. The SMILES string of the molecule is C/C(=N\NC(=O)[C@@H]1C[C@@H]1c1ccc(C(C)(C)C)cc1)c1ccc2ccccc2c1O. The number of hydrogen-bond donors (Lipinski definition) is 2. The highest BCUT2D eigenvalue weighted by Gasteiger charge is 2.44. The lowest BCUT2D eigenvalue weighted by atomic mass is 9.86. The number of hydrogen-bond acceptors (Lipinski definition) is 3. The first kappa shape index (κ1) is 20.1. The minimum absolute atomic E-state index is 0.0489.